The Kier molecular flexibility index (Phi) is 8.85. The third kappa shape index (κ3) is 5.94. The second-order valence-corrected chi connectivity index (χ2v) is 18.8. The van der Waals surface area contributed by atoms with Crippen LogP contribution in [-0.2, 0) is 10.8 Å². The molecule has 0 radical (unpaired) electrons. The van der Waals surface area contributed by atoms with E-state index in [0.29, 0.717) is 0 Å². The van der Waals surface area contributed by atoms with Crippen molar-refractivity contribution in [1.29, 1.82) is 0 Å². The fourth-order valence-corrected chi connectivity index (χ4v) is 11.8. The monoisotopic (exact) mass is 853 g/mol. The lowest BCUT2D eigenvalue weighted by Crippen LogP contribution is -2.28. The Bertz CT molecular complexity index is 3660. The molecule has 0 heterocycles. The van der Waals surface area contributed by atoms with E-state index in [9.17, 15) is 0 Å². The van der Waals surface area contributed by atoms with Crippen LogP contribution in [0.25, 0.3) is 66.1 Å². The summed E-state index contributed by atoms with van der Waals surface area (Å²) < 4.78 is 0. The fraction of sp³-hybridized carbons (Fsp3) is 0.0606. The molecule has 0 aliphatic heterocycles. The maximum Gasteiger partial charge on any atom is 0.0714 e. The lowest BCUT2D eigenvalue weighted by atomic mass is 9.67. The average Bonchev–Trinajstić information content (AvgIpc) is 3.81. The van der Waals surface area contributed by atoms with Crippen LogP contribution in [0.3, 0.4) is 0 Å². The van der Waals surface area contributed by atoms with Gasteiger partial charge in [0, 0.05) is 22.4 Å². The van der Waals surface area contributed by atoms with Gasteiger partial charge < -0.3 is 4.90 Å². The van der Waals surface area contributed by atoms with Crippen molar-refractivity contribution in [1.82, 2.24) is 0 Å². The number of hydrogen-bond donors (Lipinski definition) is 0. The molecule has 0 spiro atoms. The molecule has 0 unspecified atom stereocenters. The maximum atomic E-state index is 2.55. The van der Waals surface area contributed by atoms with Gasteiger partial charge in [0.05, 0.1) is 11.1 Å². The summed E-state index contributed by atoms with van der Waals surface area (Å²) in [6, 6.07) is 92.9. The third-order valence-electron chi connectivity index (χ3n) is 14.9. The largest absolute Gasteiger partial charge is 0.310 e. The van der Waals surface area contributed by atoms with E-state index in [-0.39, 0.29) is 5.41 Å². The van der Waals surface area contributed by atoms with Gasteiger partial charge in [-0.15, -0.1) is 0 Å². The summed E-state index contributed by atoms with van der Waals surface area (Å²) in [5.74, 6) is 0. The van der Waals surface area contributed by atoms with Crippen molar-refractivity contribution in [2.45, 2.75) is 24.7 Å². The van der Waals surface area contributed by atoms with Crippen LogP contribution in [0, 0.1) is 0 Å². The highest BCUT2D eigenvalue weighted by Crippen LogP contribution is 2.59. The SMILES string of the molecule is CC1(C)c2ccccc2-c2ccc(N(c3ccc(-c4ccccc4)cc3)c3cc4c(cc3-c3ccc5ccc6ccccc6c5c3)-c3ccccc3C4(c3ccccc3)c3ccccc3)cc21. The smallest absolute Gasteiger partial charge is 0.0714 e. The number of hydrogen-bond acceptors (Lipinski definition) is 1. The van der Waals surface area contributed by atoms with Gasteiger partial charge in [0.2, 0.25) is 0 Å². The molecular formula is C66H47N. The Balaban J connectivity index is 1.15. The van der Waals surface area contributed by atoms with Gasteiger partial charge in [-0.05, 0) is 136 Å². The van der Waals surface area contributed by atoms with Gasteiger partial charge in [-0.25, -0.2) is 0 Å². The standard InChI is InChI=1S/C66H47N/c1-65(2)60-28-16-14-26-54(60)56-39-38-52(41-62(56)65)67(51-36-34-45(35-37-51)44-18-6-3-7-19-44)64-43-63-59(42-58(64)48-33-32-47-31-30-46-20-12-13-25-53(46)57(47)40-48)55-27-15-17-29-61(55)66(63,49-21-8-4-9-22-49)50-23-10-5-11-24-50/h3-43H,1-2H3. The third-order valence-corrected chi connectivity index (χ3v) is 14.9. The van der Waals surface area contributed by atoms with Crippen LogP contribution in [0.15, 0.2) is 249 Å². The fourth-order valence-electron chi connectivity index (χ4n) is 11.8. The van der Waals surface area contributed by atoms with Crippen molar-refractivity contribution >= 4 is 38.6 Å². The first-order valence-corrected chi connectivity index (χ1v) is 23.5. The normalized spacial score (nSPS) is 13.8. The Hall–Kier alpha value is -8.26. The molecule has 0 saturated carbocycles. The Morgan fingerprint density at radius 1 is 0.299 bits per heavy atom. The molecule has 2 aliphatic rings. The van der Waals surface area contributed by atoms with Crippen LogP contribution >= 0.6 is 0 Å². The number of fused-ring (bicyclic) bond motifs is 9. The first kappa shape index (κ1) is 39.1. The summed E-state index contributed by atoms with van der Waals surface area (Å²) in [6.07, 6.45) is 0. The van der Waals surface area contributed by atoms with Gasteiger partial charge in [0.25, 0.3) is 0 Å². The molecule has 0 aromatic heterocycles. The highest BCUT2D eigenvalue weighted by Gasteiger charge is 2.47. The number of nitrogens with zero attached hydrogens (tertiary/aromatic N) is 1. The summed E-state index contributed by atoms with van der Waals surface area (Å²) in [5, 5.41) is 4.99. The molecule has 0 saturated heterocycles. The Morgan fingerprint density at radius 3 is 1.54 bits per heavy atom. The van der Waals surface area contributed by atoms with E-state index in [1.165, 1.54) is 99.4 Å². The summed E-state index contributed by atoms with van der Waals surface area (Å²) in [4.78, 5) is 2.54. The average molecular weight is 854 g/mol. The minimum absolute atomic E-state index is 0.178. The van der Waals surface area contributed by atoms with Gasteiger partial charge in [-0.3, -0.25) is 0 Å². The quantitative estimate of drug-likeness (QED) is 0.144. The molecule has 2 aliphatic carbocycles. The first-order chi connectivity index (χ1) is 33.0. The molecule has 0 fully saturated rings. The zero-order valence-corrected chi connectivity index (χ0v) is 37.6. The van der Waals surface area contributed by atoms with Crippen LogP contribution in [0.2, 0.25) is 0 Å². The summed E-state index contributed by atoms with van der Waals surface area (Å²) >= 11 is 0. The van der Waals surface area contributed by atoms with Crippen molar-refractivity contribution < 1.29 is 0 Å². The summed E-state index contributed by atoms with van der Waals surface area (Å²) in [5.41, 5.74) is 20.3. The van der Waals surface area contributed by atoms with Crippen LogP contribution in [0.4, 0.5) is 17.1 Å². The molecule has 1 nitrogen and oxygen atoms in total. The topological polar surface area (TPSA) is 3.24 Å². The van der Waals surface area contributed by atoms with Crippen LogP contribution < -0.4 is 4.90 Å². The second kappa shape index (κ2) is 15.2. The van der Waals surface area contributed by atoms with Gasteiger partial charge in [-0.2, -0.15) is 0 Å². The van der Waals surface area contributed by atoms with Crippen molar-refractivity contribution in [2.75, 3.05) is 4.90 Å². The van der Waals surface area contributed by atoms with E-state index in [1.807, 2.05) is 0 Å². The molecule has 0 amide bonds. The second-order valence-electron chi connectivity index (χ2n) is 18.8. The van der Waals surface area contributed by atoms with E-state index >= 15 is 0 Å². The van der Waals surface area contributed by atoms with Crippen molar-refractivity contribution in [3.8, 4) is 44.5 Å². The van der Waals surface area contributed by atoms with Crippen molar-refractivity contribution in [3.63, 3.8) is 0 Å². The van der Waals surface area contributed by atoms with Crippen LogP contribution in [0.1, 0.15) is 47.2 Å². The van der Waals surface area contributed by atoms with Crippen LogP contribution in [0.5, 0.6) is 0 Å². The number of benzene rings is 11. The minimum Gasteiger partial charge on any atom is -0.310 e. The lowest BCUT2D eigenvalue weighted by Gasteiger charge is -2.35. The van der Waals surface area contributed by atoms with Crippen molar-refractivity contribution in [2.24, 2.45) is 0 Å². The predicted molar refractivity (Wildman–Crippen MR) is 282 cm³/mol. The highest BCUT2D eigenvalue weighted by molar-refractivity contribution is 6.09. The molecule has 13 rings (SSSR count). The summed E-state index contributed by atoms with van der Waals surface area (Å²) in [6.45, 7) is 4.76. The van der Waals surface area contributed by atoms with E-state index in [2.05, 4.69) is 267 Å². The van der Waals surface area contributed by atoms with E-state index in [0.717, 1.165) is 17.1 Å². The zero-order chi connectivity index (χ0) is 44.7. The van der Waals surface area contributed by atoms with Gasteiger partial charge in [0.15, 0.2) is 0 Å². The molecule has 316 valence electrons. The lowest BCUT2D eigenvalue weighted by molar-refractivity contribution is 0.660. The highest BCUT2D eigenvalue weighted by atomic mass is 15.1. The predicted octanol–water partition coefficient (Wildman–Crippen LogP) is 17.5. The zero-order valence-electron chi connectivity index (χ0n) is 37.6. The molecule has 0 atom stereocenters. The Morgan fingerprint density at radius 2 is 0.821 bits per heavy atom. The molecule has 0 N–H and O–H groups in total. The molecule has 1 heteroatoms. The van der Waals surface area contributed by atoms with Gasteiger partial charge >= 0.3 is 0 Å². The van der Waals surface area contributed by atoms with Crippen LogP contribution in [-0.4, -0.2) is 0 Å². The number of anilines is 3. The van der Waals surface area contributed by atoms with Crippen molar-refractivity contribution in [3.05, 3.63) is 282 Å². The van der Waals surface area contributed by atoms with E-state index in [4.69, 9.17) is 0 Å². The molecule has 0 bridgehead atoms. The molecular weight excluding hydrogens is 807 g/mol. The molecule has 11 aromatic rings. The first-order valence-electron chi connectivity index (χ1n) is 23.5. The van der Waals surface area contributed by atoms with Gasteiger partial charge in [-0.1, -0.05) is 220 Å². The Labute approximate surface area is 392 Å². The number of rotatable bonds is 7. The van der Waals surface area contributed by atoms with Gasteiger partial charge in [0.1, 0.15) is 0 Å². The van der Waals surface area contributed by atoms with E-state index in [1.54, 1.807) is 0 Å². The molecule has 67 heavy (non-hydrogen) atoms. The maximum absolute atomic E-state index is 2.55. The molecule has 11 aromatic carbocycles. The summed E-state index contributed by atoms with van der Waals surface area (Å²) in [7, 11) is 0. The minimum atomic E-state index is -0.578. The van der Waals surface area contributed by atoms with E-state index < -0.39 is 5.41 Å².